The fourth-order valence-electron chi connectivity index (χ4n) is 3.16. The number of nitrogens with two attached hydrogens (primary N) is 1. The molecule has 1 aliphatic rings. The number of nitrogens with one attached hydrogen (secondary N) is 2. The van der Waals surface area contributed by atoms with Crippen molar-refractivity contribution in [3.8, 4) is 0 Å². The van der Waals surface area contributed by atoms with Crippen molar-refractivity contribution in [2.45, 2.75) is 12.6 Å². The molecular weight excluding hydrogens is 392 g/mol. The second-order valence-electron chi connectivity index (χ2n) is 6.64. The highest BCUT2D eigenvalue weighted by molar-refractivity contribution is 5.94. The number of benzene rings is 2. The van der Waals surface area contributed by atoms with Gasteiger partial charge in [-0.2, -0.15) is 0 Å². The van der Waals surface area contributed by atoms with E-state index in [0.717, 1.165) is 43.1 Å². The summed E-state index contributed by atoms with van der Waals surface area (Å²) in [6, 6.07) is 15.1. The first-order valence-corrected chi connectivity index (χ1v) is 9.25. The lowest BCUT2D eigenvalue weighted by atomic mass is 10.1. The smallest absolute Gasteiger partial charge is 0.254 e. The minimum Gasteiger partial charge on any atom is -0.384 e. The summed E-state index contributed by atoms with van der Waals surface area (Å²) in [7, 11) is 1.53. The molecule has 0 saturated carbocycles. The first-order chi connectivity index (χ1) is 13.6. The van der Waals surface area contributed by atoms with Crippen molar-refractivity contribution in [2.75, 3.05) is 38.3 Å². The van der Waals surface area contributed by atoms with E-state index in [2.05, 4.69) is 10.2 Å². The van der Waals surface area contributed by atoms with E-state index >= 15 is 0 Å². The van der Waals surface area contributed by atoms with E-state index in [1.807, 2.05) is 36.4 Å². The van der Waals surface area contributed by atoms with Crippen LogP contribution in [-0.4, -0.2) is 45.2 Å². The Morgan fingerprint density at radius 2 is 1.79 bits per heavy atom. The summed E-state index contributed by atoms with van der Waals surface area (Å²) in [6.07, 6.45) is -0.671. The number of ether oxygens (including phenoxy) is 2. The molecule has 1 aliphatic heterocycles. The number of anilines is 1. The minimum atomic E-state index is -0.671. The normalized spacial score (nSPS) is 14.6. The van der Waals surface area contributed by atoms with Crippen LogP contribution in [0.4, 0.5) is 5.69 Å². The fourth-order valence-corrected chi connectivity index (χ4v) is 3.16. The maximum Gasteiger partial charge on any atom is 0.254 e. The van der Waals surface area contributed by atoms with Crippen LogP contribution in [0.5, 0.6) is 0 Å². The van der Waals surface area contributed by atoms with Crippen LogP contribution in [0.1, 0.15) is 22.8 Å². The molecule has 0 radical (unpaired) electrons. The van der Waals surface area contributed by atoms with Crippen LogP contribution in [0.2, 0.25) is 0 Å². The van der Waals surface area contributed by atoms with E-state index in [9.17, 15) is 4.79 Å². The van der Waals surface area contributed by atoms with E-state index in [0.29, 0.717) is 12.1 Å². The molecule has 7 nitrogen and oxygen atoms in total. The SMILES string of the molecule is CO[C@H](C(=O)NCc1ccc(C(=N)N)cc1)c1ccc(N2CCOCC2)cc1.Cl. The zero-order chi connectivity index (χ0) is 19.9. The molecule has 1 amide bonds. The number of morpholine rings is 1. The number of rotatable bonds is 7. The number of halogens is 1. The number of nitrogen functional groups attached to an aromatic ring is 1. The zero-order valence-electron chi connectivity index (χ0n) is 16.4. The van der Waals surface area contributed by atoms with Crippen molar-refractivity contribution >= 4 is 29.8 Å². The Kier molecular flexibility index (Phi) is 8.45. The third-order valence-electron chi connectivity index (χ3n) is 4.78. The number of methoxy groups -OCH3 is 1. The molecule has 0 aliphatic carbocycles. The third kappa shape index (κ3) is 5.93. The highest BCUT2D eigenvalue weighted by atomic mass is 35.5. The average Bonchev–Trinajstić information content (AvgIpc) is 2.74. The molecule has 0 aromatic heterocycles. The van der Waals surface area contributed by atoms with Gasteiger partial charge in [-0.3, -0.25) is 10.2 Å². The second-order valence-corrected chi connectivity index (χ2v) is 6.64. The Morgan fingerprint density at radius 3 is 2.34 bits per heavy atom. The molecule has 156 valence electrons. The molecule has 0 unspecified atom stereocenters. The van der Waals surface area contributed by atoms with Crippen molar-refractivity contribution in [3.63, 3.8) is 0 Å². The van der Waals surface area contributed by atoms with Gasteiger partial charge in [0.15, 0.2) is 6.10 Å². The van der Waals surface area contributed by atoms with Crippen LogP contribution >= 0.6 is 12.4 Å². The van der Waals surface area contributed by atoms with Crippen molar-refractivity contribution in [3.05, 3.63) is 65.2 Å². The number of carbonyl (C=O) groups excluding carboxylic acids is 1. The molecule has 1 saturated heterocycles. The van der Waals surface area contributed by atoms with Crippen LogP contribution in [0.15, 0.2) is 48.5 Å². The van der Waals surface area contributed by atoms with Gasteiger partial charge < -0.3 is 25.4 Å². The van der Waals surface area contributed by atoms with Gasteiger partial charge in [-0.15, -0.1) is 12.4 Å². The number of nitrogens with zero attached hydrogens (tertiary/aromatic N) is 1. The predicted molar refractivity (Wildman–Crippen MR) is 116 cm³/mol. The van der Waals surface area contributed by atoms with Crippen molar-refractivity contribution in [1.29, 1.82) is 5.41 Å². The summed E-state index contributed by atoms with van der Waals surface area (Å²) in [5.41, 5.74) is 8.97. The van der Waals surface area contributed by atoms with Gasteiger partial charge in [-0.1, -0.05) is 36.4 Å². The summed E-state index contributed by atoms with van der Waals surface area (Å²) in [6.45, 7) is 3.59. The third-order valence-corrected chi connectivity index (χ3v) is 4.78. The fraction of sp³-hybridized carbons (Fsp3) is 0.333. The molecule has 2 aromatic carbocycles. The Bertz CT molecular complexity index is 806. The van der Waals surface area contributed by atoms with Crippen LogP contribution in [0.25, 0.3) is 0 Å². The first kappa shape index (κ1) is 22.7. The lowest BCUT2D eigenvalue weighted by molar-refractivity contribution is -0.131. The molecule has 1 atom stereocenters. The minimum absolute atomic E-state index is 0. The summed E-state index contributed by atoms with van der Waals surface area (Å²) >= 11 is 0. The molecular formula is C21H27ClN4O3. The zero-order valence-corrected chi connectivity index (χ0v) is 17.2. The molecule has 0 bridgehead atoms. The average molecular weight is 419 g/mol. The van der Waals surface area contributed by atoms with Crippen molar-refractivity contribution < 1.29 is 14.3 Å². The van der Waals surface area contributed by atoms with Crippen molar-refractivity contribution in [1.82, 2.24) is 5.32 Å². The first-order valence-electron chi connectivity index (χ1n) is 9.25. The van der Waals surface area contributed by atoms with Gasteiger partial charge in [0.2, 0.25) is 0 Å². The van der Waals surface area contributed by atoms with Crippen LogP contribution in [0.3, 0.4) is 0 Å². The van der Waals surface area contributed by atoms with Gasteiger partial charge >= 0.3 is 0 Å². The Morgan fingerprint density at radius 1 is 1.17 bits per heavy atom. The van der Waals surface area contributed by atoms with Gasteiger partial charge in [0.25, 0.3) is 5.91 Å². The topological polar surface area (TPSA) is 101 Å². The Hall–Kier alpha value is -2.61. The monoisotopic (exact) mass is 418 g/mol. The molecule has 4 N–H and O–H groups in total. The van der Waals surface area contributed by atoms with Gasteiger partial charge in [-0.05, 0) is 23.3 Å². The summed E-state index contributed by atoms with van der Waals surface area (Å²) in [5, 5.41) is 10.3. The molecule has 1 fully saturated rings. The number of amides is 1. The van der Waals surface area contributed by atoms with Gasteiger partial charge in [0, 0.05) is 38.0 Å². The van der Waals surface area contributed by atoms with Gasteiger partial charge in [0.1, 0.15) is 5.84 Å². The molecule has 8 heteroatoms. The van der Waals surface area contributed by atoms with E-state index in [1.165, 1.54) is 7.11 Å². The lowest BCUT2D eigenvalue weighted by Gasteiger charge is -2.29. The standard InChI is InChI=1S/C21H26N4O3.ClH/c1-27-19(16-6-8-18(9-7-16)25-10-12-28-13-11-25)21(26)24-14-15-2-4-17(5-3-15)20(22)23;/h2-9,19H,10-14H2,1H3,(H3,22,23)(H,24,26);1H/t19-;/m0./s1. The second kappa shape index (κ2) is 10.8. The quantitative estimate of drug-likeness (QED) is 0.473. The summed E-state index contributed by atoms with van der Waals surface area (Å²) in [5.74, 6) is -0.173. The van der Waals surface area contributed by atoms with Crippen LogP contribution < -0.4 is 16.0 Å². The highest BCUT2D eigenvalue weighted by Crippen LogP contribution is 2.22. The summed E-state index contributed by atoms with van der Waals surface area (Å²) < 4.78 is 10.8. The molecule has 2 aromatic rings. The van der Waals surface area contributed by atoms with Crippen molar-refractivity contribution in [2.24, 2.45) is 5.73 Å². The largest absolute Gasteiger partial charge is 0.384 e. The maximum absolute atomic E-state index is 12.6. The maximum atomic E-state index is 12.6. The number of hydrogen-bond donors (Lipinski definition) is 3. The van der Waals surface area contributed by atoms with Crippen LogP contribution in [-0.2, 0) is 20.8 Å². The number of hydrogen-bond acceptors (Lipinski definition) is 5. The number of carbonyl (C=O) groups is 1. The number of amidine groups is 1. The van der Waals surface area contributed by atoms with Gasteiger partial charge in [-0.25, -0.2) is 0 Å². The van der Waals surface area contributed by atoms with E-state index < -0.39 is 6.10 Å². The lowest BCUT2D eigenvalue weighted by Crippen LogP contribution is -2.36. The molecule has 29 heavy (non-hydrogen) atoms. The molecule has 1 heterocycles. The molecule has 3 rings (SSSR count). The predicted octanol–water partition coefficient (Wildman–Crippen LogP) is 2.23. The van der Waals surface area contributed by atoms with Crippen LogP contribution in [0, 0.1) is 5.41 Å². The molecule has 0 spiro atoms. The van der Waals surface area contributed by atoms with Gasteiger partial charge in [0.05, 0.1) is 13.2 Å². The highest BCUT2D eigenvalue weighted by Gasteiger charge is 2.20. The van der Waals surface area contributed by atoms with E-state index in [1.54, 1.807) is 12.1 Å². The Balaban J connectivity index is 0.00000300. The van der Waals surface area contributed by atoms with E-state index in [4.69, 9.17) is 20.6 Å². The summed E-state index contributed by atoms with van der Waals surface area (Å²) in [4.78, 5) is 14.9. The Labute approximate surface area is 177 Å². The van der Waals surface area contributed by atoms with E-state index in [-0.39, 0.29) is 24.1 Å².